The maximum absolute atomic E-state index is 11.7. The molecule has 0 spiro atoms. The third kappa shape index (κ3) is 6.11. The van der Waals surface area contributed by atoms with Crippen LogP contribution in [0.1, 0.15) is 20.8 Å². The fourth-order valence-electron chi connectivity index (χ4n) is 1.28. The van der Waals surface area contributed by atoms with Crippen molar-refractivity contribution in [3.63, 3.8) is 0 Å². The first-order valence-corrected chi connectivity index (χ1v) is 5.88. The molecule has 0 aliphatic heterocycles. The van der Waals surface area contributed by atoms with E-state index in [2.05, 4.69) is 10.6 Å². The van der Waals surface area contributed by atoms with Gasteiger partial charge in [-0.15, -0.1) is 0 Å². The maximum atomic E-state index is 11.7. The van der Waals surface area contributed by atoms with E-state index in [0.29, 0.717) is 26.2 Å². The van der Waals surface area contributed by atoms with Gasteiger partial charge in [-0.1, -0.05) is 0 Å². The number of carbonyl (C=O) groups excluding carboxylic acids is 2. The normalized spacial score (nSPS) is 11.8. The summed E-state index contributed by atoms with van der Waals surface area (Å²) in [5, 5.41) is 5.31. The van der Waals surface area contributed by atoms with Gasteiger partial charge in [0.15, 0.2) is 0 Å². The molecular formula is C11H23N3O3. The van der Waals surface area contributed by atoms with Crippen LogP contribution < -0.4 is 10.6 Å². The van der Waals surface area contributed by atoms with E-state index in [1.807, 2.05) is 13.8 Å². The summed E-state index contributed by atoms with van der Waals surface area (Å²) in [5.74, 6) is -0.206. The minimum atomic E-state index is -0.542. The van der Waals surface area contributed by atoms with Crippen LogP contribution in [0.2, 0.25) is 0 Å². The molecule has 0 fully saturated rings. The van der Waals surface area contributed by atoms with Crippen LogP contribution in [0.15, 0.2) is 0 Å². The Balaban J connectivity index is 4.02. The van der Waals surface area contributed by atoms with Gasteiger partial charge in [0.25, 0.3) is 0 Å². The summed E-state index contributed by atoms with van der Waals surface area (Å²) in [5.41, 5.74) is 0. The van der Waals surface area contributed by atoms with Crippen LogP contribution in [-0.2, 0) is 9.53 Å². The fourth-order valence-corrected chi connectivity index (χ4v) is 1.28. The van der Waals surface area contributed by atoms with Crippen molar-refractivity contribution >= 4 is 11.9 Å². The van der Waals surface area contributed by atoms with Gasteiger partial charge in [-0.05, 0) is 20.8 Å². The molecule has 0 bridgehead atoms. The molecule has 0 saturated heterocycles. The predicted octanol–water partition coefficient (Wildman–Crippen LogP) is 0.189. The topological polar surface area (TPSA) is 70.7 Å². The van der Waals surface area contributed by atoms with Crippen molar-refractivity contribution in [3.8, 4) is 0 Å². The lowest BCUT2D eigenvalue weighted by Crippen LogP contribution is -2.50. The number of carbonyl (C=O) groups is 2. The van der Waals surface area contributed by atoms with Crippen molar-refractivity contribution in [3.05, 3.63) is 0 Å². The largest absolute Gasteiger partial charge is 0.383 e. The lowest BCUT2D eigenvalue weighted by Gasteiger charge is -2.22. The molecule has 0 aromatic rings. The van der Waals surface area contributed by atoms with E-state index in [4.69, 9.17) is 4.74 Å². The second-order valence-electron chi connectivity index (χ2n) is 3.63. The summed E-state index contributed by atoms with van der Waals surface area (Å²) in [6.07, 6.45) is 0. The van der Waals surface area contributed by atoms with Gasteiger partial charge < -0.3 is 20.3 Å². The van der Waals surface area contributed by atoms with Crippen molar-refractivity contribution in [2.75, 3.05) is 33.4 Å². The second kappa shape index (κ2) is 8.81. The summed E-state index contributed by atoms with van der Waals surface area (Å²) < 4.78 is 4.82. The number of amides is 3. The maximum Gasteiger partial charge on any atom is 0.318 e. The molecule has 0 aromatic carbocycles. The van der Waals surface area contributed by atoms with Gasteiger partial charge in [0.05, 0.1) is 6.61 Å². The lowest BCUT2D eigenvalue weighted by molar-refractivity contribution is -0.122. The quantitative estimate of drug-likeness (QED) is 0.629. The summed E-state index contributed by atoms with van der Waals surface area (Å²) in [6, 6.07) is -0.760. The number of hydrogen-bond donors (Lipinski definition) is 2. The first-order valence-electron chi connectivity index (χ1n) is 5.88. The van der Waals surface area contributed by atoms with Crippen molar-refractivity contribution in [2.45, 2.75) is 26.8 Å². The summed E-state index contributed by atoms with van der Waals surface area (Å²) >= 11 is 0. The number of nitrogens with zero attached hydrogens (tertiary/aromatic N) is 1. The average molecular weight is 245 g/mol. The van der Waals surface area contributed by atoms with E-state index in [-0.39, 0.29) is 11.9 Å². The zero-order chi connectivity index (χ0) is 13.3. The molecule has 1 atom stereocenters. The number of ether oxygens (including phenoxy) is 1. The third-order valence-corrected chi connectivity index (χ3v) is 2.39. The highest BCUT2D eigenvalue weighted by molar-refractivity contribution is 5.86. The monoisotopic (exact) mass is 245 g/mol. The first kappa shape index (κ1) is 15.7. The lowest BCUT2D eigenvalue weighted by atomic mass is 10.3. The van der Waals surface area contributed by atoms with Gasteiger partial charge in [0.1, 0.15) is 6.04 Å². The van der Waals surface area contributed by atoms with Crippen LogP contribution >= 0.6 is 0 Å². The van der Waals surface area contributed by atoms with Gasteiger partial charge in [-0.25, -0.2) is 4.79 Å². The van der Waals surface area contributed by atoms with E-state index in [1.165, 1.54) is 0 Å². The highest BCUT2D eigenvalue weighted by Crippen LogP contribution is 1.91. The van der Waals surface area contributed by atoms with E-state index in [0.717, 1.165) is 0 Å². The average Bonchev–Trinajstić information content (AvgIpc) is 2.30. The first-order chi connectivity index (χ1) is 8.06. The van der Waals surface area contributed by atoms with Crippen LogP contribution in [0.5, 0.6) is 0 Å². The third-order valence-electron chi connectivity index (χ3n) is 2.39. The fraction of sp³-hybridized carbons (Fsp3) is 0.818. The van der Waals surface area contributed by atoms with E-state index < -0.39 is 6.04 Å². The molecule has 0 saturated carbocycles. The Morgan fingerprint density at radius 1 is 1.29 bits per heavy atom. The molecule has 0 heterocycles. The molecule has 3 amide bonds. The highest BCUT2D eigenvalue weighted by atomic mass is 16.5. The summed E-state index contributed by atoms with van der Waals surface area (Å²) in [6.45, 7) is 7.60. The van der Waals surface area contributed by atoms with Crippen molar-refractivity contribution in [1.29, 1.82) is 0 Å². The standard InChI is InChI=1S/C11H23N3O3/c1-5-14(6-2)11(16)13-9(3)10(15)12-7-8-17-4/h9H,5-8H2,1-4H3,(H,12,15)(H,13,16). The van der Waals surface area contributed by atoms with Gasteiger partial charge in [-0.3, -0.25) is 4.79 Å². The Hall–Kier alpha value is -1.30. The van der Waals surface area contributed by atoms with Crippen LogP contribution in [-0.4, -0.2) is 56.2 Å². The Morgan fingerprint density at radius 3 is 2.35 bits per heavy atom. The Morgan fingerprint density at radius 2 is 1.88 bits per heavy atom. The van der Waals surface area contributed by atoms with Gasteiger partial charge in [-0.2, -0.15) is 0 Å². The van der Waals surface area contributed by atoms with Crippen LogP contribution in [0, 0.1) is 0 Å². The van der Waals surface area contributed by atoms with Crippen LogP contribution in [0.4, 0.5) is 4.79 Å². The van der Waals surface area contributed by atoms with E-state index >= 15 is 0 Å². The van der Waals surface area contributed by atoms with Gasteiger partial charge in [0, 0.05) is 26.7 Å². The van der Waals surface area contributed by atoms with Gasteiger partial charge >= 0.3 is 6.03 Å². The predicted molar refractivity (Wildman–Crippen MR) is 65.8 cm³/mol. The van der Waals surface area contributed by atoms with E-state index in [9.17, 15) is 9.59 Å². The molecule has 0 aliphatic rings. The number of nitrogens with one attached hydrogen (secondary N) is 2. The smallest absolute Gasteiger partial charge is 0.318 e. The second-order valence-corrected chi connectivity index (χ2v) is 3.63. The zero-order valence-electron chi connectivity index (χ0n) is 11.1. The van der Waals surface area contributed by atoms with Crippen molar-refractivity contribution < 1.29 is 14.3 Å². The number of hydrogen-bond acceptors (Lipinski definition) is 3. The number of methoxy groups -OCH3 is 1. The molecule has 100 valence electrons. The molecule has 6 heteroatoms. The Kier molecular flexibility index (Phi) is 8.13. The van der Waals surface area contributed by atoms with Crippen molar-refractivity contribution in [2.24, 2.45) is 0 Å². The molecule has 17 heavy (non-hydrogen) atoms. The molecule has 1 unspecified atom stereocenters. The summed E-state index contributed by atoms with van der Waals surface area (Å²) in [4.78, 5) is 24.8. The minimum Gasteiger partial charge on any atom is -0.383 e. The molecule has 2 N–H and O–H groups in total. The number of urea groups is 1. The molecule has 0 radical (unpaired) electrons. The van der Waals surface area contributed by atoms with E-state index in [1.54, 1.807) is 18.9 Å². The zero-order valence-corrected chi connectivity index (χ0v) is 11.1. The van der Waals surface area contributed by atoms with Crippen molar-refractivity contribution in [1.82, 2.24) is 15.5 Å². The number of rotatable bonds is 7. The minimum absolute atomic E-state index is 0.206. The Bertz CT molecular complexity index is 242. The van der Waals surface area contributed by atoms with Crippen LogP contribution in [0.3, 0.4) is 0 Å². The molecule has 0 aliphatic carbocycles. The highest BCUT2D eigenvalue weighted by Gasteiger charge is 2.17. The molecule has 0 rings (SSSR count). The van der Waals surface area contributed by atoms with Crippen LogP contribution in [0.25, 0.3) is 0 Å². The summed E-state index contributed by atoms with van der Waals surface area (Å²) in [7, 11) is 1.57. The van der Waals surface area contributed by atoms with Gasteiger partial charge in [0.2, 0.25) is 5.91 Å². The Labute approximate surface area is 103 Å². The molecule has 6 nitrogen and oxygen atoms in total. The molecule has 0 aromatic heterocycles. The SMILES string of the molecule is CCN(CC)C(=O)NC(C)C(=O)NCCOC. The molecular weight excluding hydrogens is 222 g/mol.